The van der Waals surface area contributed by atoms with Gasteiger partial charge in [-0.3, -0.25) is 9.97 Å². The lowest BCUT2D eigenvalue weighted by atomic mass is 10.0. The molecule has 0 saturated heterocycles. The fraction of sp³-hybridized carbons (Fsp3) is 0.0370. The second-order valence-corrected chi connectivity index (χ2v) is 8.92. The highest BCUT2D eigenvalue weighted by atomic mass is 32.1. The molecular weight excluding hydrogens is 462 g/mol. The molecule has 8 heteroatoms. The van der Waals surface area contributed by atoms with E-state index in [0.717, 1.165) is 10.5 Å². The maximum absolute atomic E-state index is 11.8. The predicted octanol–water partition coefficient (Wildman–Crippen LogP) is 6.34. The minimum Gasteiger partial charge on any atom is -0.680 e. The molecule has 0 saturated carbocycles. The van der Waals surface area contributed by atoms with Gasteiger partial charge in [0.2, 0.25) is 0 Å². The summed E-state index contributed by atoms with van der Waals surface area (Å²) in [6, 6.07) is 15.4. The van der Waals surface area contributed by atoms with Crippen LogP contribution in [0.3, 0.4) is 0 Å². The summed E-state index contributed by atoms with van der Waals surface area (Å²) in [7, 11) is 0. The van der Waals surface area contributed by atoms with Crippen molar-refractivity contribution in [1.29, 1.82) is 0 Å². The monoisotopic (exact) mass is 480 g/mol. The fourth-order valence-corrected chi connectivity index (χ4v) is 4.67. The van der Waals surface area contributed by atoms with Crippen LogP contribution in [0.4, 0.5) is 0 Å². The van der Waals surface area contributed by atoms with E-state index in [0.29, 0.717) is 5.69 Å². The normalized spacial score (nSPS) is 15.2. The molecule has 0 amide bonds. The van der Waals surface area contributed by atoms with Crippen molar-refractivity contribution < 1.29 is 19.8 Å². The Hall–Kier alpha value is -4.56. The molecular formula is C27H18N3O4S-. The Morgan fingerprint density at radius 1 is 0.943 bits per heavy atom. The predicted molar refractivity (Wildman–Crippen MR) is 136 cm³/mol. The third kappa shape index (κ3) is 4.87. The summed E-state index contributed by atoms with van der Waals surface area (Å²) in [5, 5.41) is 24.6. The van der Waals surface area contributed by atoms with Gasteiger partial charge in [-0.05, 0) is 53.4 Å². The zero-order valence-electron chi connectivity index (χ0n) is 18.2. The molecule has 4 heterocycles. The number of pyridine rings is 2. The number of carboxylic acid groups (broad SMARTS) is 2. The number of aromatic nitrogens is 2. The molecule has 5 rings (SSSR count). The molecule has 0 spiro atoms. The highest BCUT2D eigenvalue weighted by Crippen LogP contribution is 2.32. The molecule has 1 aliphatic heterocycles. The maximum atomic E-state index is 11.8. The number of carboxylic acids is 2. The number of carbonyl (C=O) groups is 2. The van der Waals surface area contributed by atoms with Crippen molar-refractivity contribution in [2.45, 2.75) is 6.04 Å². The Balaban J connectivity index is 1.47. The zero-order chi connectivity index (χ0) is 24.4. The highest BCUT2D eigenvalue weighted by molar-refractivity contribution is 7.19. The molecule has 7 nitrogen and oxygen atoms in total. The Labute approximate surface area is 204 Å². The lowest BCUT2D eigenvalue weighted by Gasteiger charge is -2.30. The first-order valence-electron chi connectivity index (χ1n) is 10.7. The third-order valence-electron chi connectivity index (χ3n) is 5.41. The van der Waals surface area contributed by atoms with E-state index in [9.17, 15) is 19.8 Å². The molecule has 0 radical (unpaired) electrons. The van der Waals surface area contributed by atoms with Crippen LogP contribution in [0.25, 0.3) is 32.9 Å². The summed E-state index contributed by atoms with van der Waals surface area (Å²) < 4.78 is 1.22. The minimum absolute atomic E-state index is 0.0213. The largest absolute Gasteiger partial charge is 0.680 e. The van der Waals surface area contributed by atoms with Gasteiger partial charge < -0.3 is 15.5 Å². The van der Waals surface area contributed by atoms with Gasteiger partial charge in [0.1, 0.15) is 0 Å². The van der Waals surface area contributed by atoms with Crippen LogP contribution in [0.15, 0.2) is 90.8 Å². The van der Waals surface area contributed by atoms with Gasteiger partial charge in [-0.25, -0.2) is 9.59 Å². The molecule has 0 fully saturated rings. The molecule has 1 atom stereocenters. The number of nitrogens with zero attached hydrogens (tertiary/aromatic N) is 3. The minimum atomic E-state index is -1.12. The van der Waals surface area contributed by atoms with Crippen LogP contribution in [0.5, 0.6) is 0 Å². The van der Waals surface area contributed by atoms with E-state index >= 15 is 0 Å². The van der Waals surface area contributed by atoms with Gasteiger partial charge in [-0.15, -0.1) is 11.3 Å². The van der Waals surface area contributed by atoms with Gasteiger partial charge in [-0.1, -0.05) is 42.5 Å². The Morgan fingerprint density at radius 2 is 1.74 bits per heavy atom. The molecule has 0 bridgehead atoms. The zero-order valence-corrected chi connectivity index (χ0v) is 19.0. The summed E-state index contributed by atoms with van der Waals surface area (Å²) >= 11 is 1.70. The van der Waals surface area contributed by atoms with Crippen molar-refractivity contribution in [3.63, 3.8) is 0 Å². The quantitative estimate of drug-likeness (QED) is 0.333. The summed E-state index contributed by atoms with van der Waals surface area (Å²) in [4.78, 5) is 33.0. The first-order chi connectivity index (χ1) is 17.0. The number of aromatic carboxylic acids is 2. The standard InChI is InChI=1S/C27H18N3O4S/c31-26(32)18-8-10-29-22(13-18)24-15-19(27(33)34)14-23(30-24)21-11-16(7-9-28-21)5-6-20-12-17-3-1-2-4-25(17)35-20/h1-15,21H,(H,31,32)(H,33,34)/q-1/b6-5+. The molecule has 172 valence electrons. The first-order valence-corrected chi connectivity index (χ1v) is 11.5. The number of rotatable bonds is 6. The maximum Gasteiger partial charge on any atom is 0.335 e. The number of hydrogen-bond acceptors (Lipinski definition) is 5. The average Bonchev–Trinajstić information content (AvgIpc) is 3.30. The topological polar surface area (TPSA) is 114 Å². The van der Waals surface area contributed by atoms with Gasteiger partial charge in [-0.2, -0.15) is 6.20 Å². The number of fused-ring (bicyclic) bond motifs is 1. The van der Waals surface area contributed by atoms with Crippen molar-refractivity contribution in [3.05, 3.63) is 118 Å². The second kappa shape index (κ2) is 9.36. The van der Waals surface area contributed by atoms with E-state index in [4.69, 9.17) is 0 Å². The van der Waals surface area contributed by atoms with E-state index in [1.807, 2.05) is 36.4 Å². The van der Waals surface area contributed by atoms with Gasteiger partial charge in [0.05, 0.1) is 22.5 Å². The number of hydrogen-bond donors (Lipinski definition) is 2. The van der Waals surface area contributed by atoms with Crippen LogP contribution in [-0.2, 0) is 0 Å². The first kappa shape index (κ1) is 22.2. The van der Waals surface area contributed by atoms with Crippen molar-refractivity contribution in [2.75, 3.05) is 0 Å². The van der Waals surface area contributed by atoms with Crippen molar-refractivity contribution in [3.8, 4) is 11.4 Å². The van der Waals surface area contributed by atoms with E-state index in [2.05, 4.69) is 33.5 Å². The number of benzene rings is 1. The third-order valence-corrected chi connectivity index (χ3v) is 6.49. The SMILES string of the molecule is O=C(O)c1ccnc(-c2cc(C(=O)O)cc(C3C=C(/C=C/c4cc5ccccc5s4)C=C[N-]3)n2)c1. The van der Waals surface area contributed by atoms with Crippen LogP contribution in [0.1, 0.15) is 37.3 Å². The molecule has 2 N–H and O–H groups in total. The lowest BCUT2D eigenvalue weighted by molar-refractivity contribution is 0.0685. The smallest absolute Gasteiger partial charge is 0.335 e. The average molecular weight is 481 g/mol. The van der Waals surface area contributed by atoms with Gasteiger partial charge >= 0.3 is 11.9 Å². The second-order valence-electron chi connectivity index (χ2n) is 7.80. The van der Waals surface area contributed by atoms with Crippen LogP contribution in [0, 0.1) is 0 Å². The van der Waals surface area contributed by atoms with Crippen LogP contribution in [-0.4, -0.2) is 32.1 Å². The summed E-state index contributed by atoms with van der Waals surface area (Å²) in [6.45, 7) is 0. The van der Waals surface area contributed by atoms with Gasteiger partial charge in [0, 0.05) is 21.5 Å². The molecule has 0 aliphatic carbocycles. The summed E-state index contributed by atoms with van der Waals surface area (Å²) in [5.41, 5.74) is 1.95. The van der Waals surface area contributed by atoms with Gasteiger partial charge in [0.15, 0.2) is 0 Å². The molecule has 3 aromatic heterocycles. The van der Waals surface area contributed by atoms with Crippen molar-refractivity contribution in [2.24, 2.45) is 0 Å². The van der Waals surface area contributed by atoms with E-state index in [-0.39, 0.29) is 22.5 Å². The lowest BCUT2D eigenvalue weighted by Crippen LogP contribution is -2.06. The van der Waals surface area contributed by atoms with Crippen LogP contribution < -0.4 is 0 Å². The van der Waals surface area contributed by atoms with Crippen molar-refractivity contribution in [1.82, 2.24) is 9.97 Å². The van der Waals surface area contributed by atoms with Gasteiger partial charge in [0.25, 0.3) is 0 Å². The van der Waals surface area contributed by atoms with E-state index in [1.165, 1.54) is 40.5 Å². The Kier molecular flexibility index (Phi) is 5.95. The van der Waals surface area contributed by atoms with Crippen LogP contribution >= 0.6 is 11.3 Å². The summed E-state index contributed by atoms with van der Waals surface area (Å²) in [6.07, 6.45) is 10.8. The van der Waals surface area contributed by atoms with Crippen molar-refractivity contribution >= 4 is 39.4 Å². The van der Waals surface area contributed by atoms with E-state index < -0.39 is 18.0 Å². The molecule has 1 unspecified atom stereocenters. The summed E-state index contributed by atoms with van der Waals surface area (Å²) in [5.74, 6) is -2.22. The fourth-order valence-electron chi connectivity index (χ4n) is 3.70. The number of allylic oxidation sites excluding steroid dienone is 3. The Bertz CT molecular complexity index is 1520. The molecule has 1 aromatic carbocycles. The van der Waals surface area contributed by atoms with E-state index in [1.54, 1.807) is 17.5 Å². The molecule has 1 aliphatic rings. The Morgan fingerprint density at radius 3 is 2.54 bits per heavy atom. The van der Waals surface area contributed by atoms with Crippen LogP contribution in [0.2, 0.25) is 0 Å². The molecule has 4 aromatic rings. The number of thiophene rings is 1. The highest BCUT2D eigenvalue weighted by Gasteiger charge is 2.15. The molecule has 35 heavy (non-hydrogen) atoms.